The molecule has 0 atom stereocenters. The SMILES string of the molecule is Fc1cc(F)cc(-n2cnc(Nc3cc(Cl)cc(N4CCN(C5COC5)CC4)c3)n2)c1.[HH]. The van der Waals surface area contributed by atoms with Gasteiger partial charge >= 0.3 is 0 Å². The molecule has 0 amide bonds. The summed E-state index contributed by atoms with van der Waals surface area (Å²) in [5.74, 6) is -1.05. The van der Waals surface area contributed by atoms with Gasteiger partial charge in [-0.25, -0.2) is 13.5 Å². The number of benzene rings is 2. The number of nitrogens with one attached hydrogen (secondary N) is 1. The molecular weight excluding hydrogens is 426 g/mol. The van der Waals surface area contributed by atoms with E-state index >= 15 is 0 Å². The van der Waals surface area contributed by atoms with E-state index in [4.69, 9.17) is 16.3 Å². The van der Waals surface area contributed by atoms with Crippen LogP contribution in [-0.2, 0) is 4.74 Å². The fourth-order valence-electron chi connectivity index (χ4n) is 3.85. The summed E-state index contributed by atoms with van der Waals surface area (Å²) >= 11 is 6.36. The summed E-state index contributed by atoms with van der Waals surface area (Å²) in [7, 11) is 0. The van der Waals surface area contributed by atoms with Crippen molar-refractivity contribution in [3.63, 3.8) is 0 Å². The molecule has 0 radical (unpaired) electrons. The maximum Gasteiger partial charge on any atom is 0.246 e. The van der Waals surface area contributed by atoms with Gasteiger partial charge in [0.05, 0.1) is 24.9 Å². The largest absolute Gasteiger partial charge is 0.378 e. The zero-order valence-corrected chi connectivity index (χ0v) is 17.4. The van der Waals surface area contributed by atoms with Crippen LogP contribution in [-0.4, -0.2) is 65.1 Å². The molecule has 31 heavy (non-hydrogen) atoms. The van der Waals surface area contributed by atoms with Gasteiger partial charge in [0.25, 0.3) is 0 Å². The van der Waals surface area contributed by atoms with Gasteiger partial charge < -0.3 is 15.0 Å². The van der Waals surface area contributed by atoms with Crippen LogP contribution in [0.1, 0.15) is 1.43 Å². The summed E-state index contributed by atoms with van der Waals surface area (Å²) in [6.07, 6.45) is 1.39. The number of nitrogens with zero attached hydrogens (tertiary/aromatic N) is 5. The van der Waals surface area contributed by atoms with Crippen molar-refractivity contribution in [3.05, 3.63) is 59.4 Å². The minimum absolute atomic E-state index is 0. The Hall–Kier alpha value is -2.75. The molecule has 1 aromatic heterocycles. The number of anilines is 3. The van der Waals surface area contributed by atoms with Gasteiger partial charge in [-0.2, -0.15) is 4.98 Å². The van der Waals surface area contributed by atoms with Gasteiger partial charge in [0.2, 0.25) is 5.95 Å². The lowest BCUT2D eigenvalue weighted by Gasteiger charge is -2.43. The number of piperazine rings is 1. The maximum absolute atomic E-state index is 13.5. The van der Waals surface area contributed by atoms with Gasteiger partial charge in [0.15, 0.2) is 0 Å². The number of ether oxygens (including phenoxy) is 1. The topological polar surface area (TPSA) is 58.5 Å². The van der Waals surface area contributed by atoms with Crippen molar-refractivity contribution in [2.45, 2.75) is 6.04 Å². The van der Waals surface area contributed by atoms with Crippen LogP contribution in [0.5, 0.6) is 0 Å². The van der Waals surface area contributed by atoms with Crippen LogP contribution in [0.3, 0.4) is 0 Å². The van der Waals surface area contributed by atoms with Crippen LogP contribution in [0.4, 0.5) is 26.1 Å². The van der Waals surface area contributed by atoms with Crippen molar-refractivity contribution in [3.8, 4) is 5.69 Å². The Balaban J connectivity index is 0.00000245. The van der Waals surface area contributed by atoms with E-state index in [0.29, 0.717) is 17.0 Å². The lowest BCUT2D eigenvalue weighted by atomic mass is 10.1. The zero-order chi connectivity index (χ0) is 21.4. The first-order valence-electron chi connectivity index (χ1n) is 10.1. The standard InChI is InChI=1S/C21H21ClF2N6O.H2/c22-14-5-17(10-18(6-14)28-1-3-29(4-2-28)20-11-31-12-20)26-21-25-13-30(27-21)19-8-15(23)7-16(24)9-19;/h5-10,13,20H,1-4,11-12H2,(H,26,27);1H. The highest BCUT2D eigenvalue weighted by molar-refractivity contribution is 6.31. The van der Waals surface area contributed by atoms with Crippen molar-refractivity contribution < 1.29 is 14.9 Å². The summed E-state index contributed by atoms with van der Waals surface area (Å²) < 4.78 is 33.6. The summed E-state index contributed by atoms with van der Waals surface area (Å²) in [6, 6.07) is 9.46. The second kappa shape index (κ2) is 8.41. The molecule has 2 aliphatic rings. The fourth-order valence-corrected chi connectivity index (χ4v) is 4.08. The van der Waals surface area contributed by atoms with E-state index in [1.165, 1.54) is 23.1 Å². The molecule has 2 aromatic carbocycles. The second-order valence-electron chi connectivity index (χ2n) is 7.68. The third-order valence-electron chi connectivity index (χ3n) is 5.56. The highest BCUT2D eigenvalue weighted by Crippen LogP contribution is 2.28. The minimum atomic E-state index is -0.676. The number of aromatic nitrogens is 3. The molecule has 0 saturated carbocycles. The molecule has 0 aliphatic carbocycles. The Labute approximate surface area is 184 Å². The Morgan fingerprint density at radius 3 is 2.39 bits per heavy atom. The van der Waals surface area contributed by atoms with E-state index in [0.717, 1.165) is 56.8 Å². The van der Waals surface area contributed by atoms with E-state index < -0.39 is 11.6 Å². The Morgan fingerprint density at radius 1 is 0.968 bits per heavy atom. The third kappa shape index (κ3) is 4.48. The Kier molecular flexibility index (Phi) is 5.47. The van der Waals surface area contributed by atoms with Crippen LogP contribution in [0.15, 0.2) is 42.7 Å². The number of hydrogen-bond acceptors (Lipinski definition) is 6. The predicted octanol–water partition coefficient (Wildman–Crippen LogP) is 3.71. The third-order valence-corrected chi connectivity index (χ3v) is 5.78. The Morgan fingerprint density at radius 2 is 1.71 bits per heavy atom. The van der Waals surface area contributed by atoms with Crippen molar-refractivity contribution >= 4 is 28.9 Å². The average molecular weight is 449 g/mol. The van der Waals surface area contributed by atoms with E-state index in [1.807, 2.05) is 12.1 Å². The maximum atomic E-state index is 13.5. The summed E-state index contributed by atoms with van der Waals surface area (Å²) in [5.41, 5.74) is 2.01. The first-order valence-corrected chi connectivity index (χ1v) is 10.4. The fraction of sp³-hybridized carbons (Fsp3) is 0.333. The van der Waals surface area contributed by atoms with E-state index in [-0.39, 0.29) is 7.11 Å². The zero-order valence-electron chi connectivity index (χ0n) is 16.6. The highest BCUT2D eigenvalue weighted by atomic mass is 35.5. The quantitative estimate of drug-likeness (QED) is 0.642. The van der Waals surface area contributed by atoms with Crippen LogP contribution < -0.4 is 10.2 Å². The lowest BCUT2D eigenvalue weighted by Crippen LogP contribution is -2.56. The van der Waals surface area contributed by atoms with Crippen molar-refractivity contribution in [2.75, 3.05) is 49.6 Å². The molecule has 3 aromatic rings. The molecule has 2 fully saturated rings. The normalized spacial score (nSPS) is 17.6. The van der Waals surface area contributed by atoms with Gasteiger partial charge in [-0.15, -0.1) is 5.10 Å². The van der Waals surface area contributed by atoms with E-state index in [9.17, 15) is 8.78 Å². The molecule has 5 rings (SSSR count). The first kappa shape index (κ1) is 20.2. The van der Waals surface area contributed by atoms with Gasteiger partial charge in [0, 0.05) is 50.1 Å². The van der Waals surface area contributed by atoms with Gasteiger partial charge in [-0.3, -0.25) is 4.90 Å². The van der Waals surface area contributed by atoms with E-state index in [1.54, 1.807) is 6.07 Å². The number of halogens is 3. The molecule has 0 bridgehead atoms. The summed E-state index contributed by atoms with van der Waals surface area (Å²) in [5, 5.41) is 7.98. The van der Waals surface area contributed by atoms with Crippen LogP contribution in [0.25, 0.3) is 5.69 Å². The van der Waals surface area contributed by atoms with Crippen LogP contribution in [0, 0.1) is 11.6 Å². The average Bonchev–Trinajstić information content (AvgIpc) is 3.14. The summed E-state index contributed by atoms with van der Waals surface area (Å²) in [4.78, 5) is 8.95. The van der Waals surface area contributed by atoms with Crippen molar-refractivity contribution in [2.24, 2.45) is 0 Å². The molecule has 3 heterocycles. The monoisotopic (exact) mass is 448 g/mol. The second-order valence-corrected chi connectivity index (χ2v) is 8.11. The van der Waals surface area contributed by atoms with Crippen molar-refractivity contribution in [1.29, 1.82) is 0 Å². The highest BCUT2D eigenvalue weighted by Gasteiger charge is 2.29. The molecule has 0 spiro atoms. The number of hydrogen-bond donors (Lipinski definition) is 1. The smallest absolute Gasteiger partial charge is 0.246 e. The lowest BCUT2D eigenvalue weighted by molar-refractivity contribution is -0.0660. The van der Waals surface area contributed by atoms with Crippen LogP contribution >= 0.6 is 11.6 Å². The molecule has 2 saturated heterocycles. The van der Waals surface area contributed by atoms with Crippen molar-refractivity contribution in [1.82, 2.24) is 19.7 Å². The molecule has 2 aliphatic heterocycles. The minimum Gasteiger partial charge on any atom is -0.378 e. The molecule has 10 heteroatoms. The van der Waals surface area contributed by atoms with Gasteiger partial charge in [-0.1, -0.05) is 11.6 Å². The van der Waals surface area contributed by atoms with E-state index in [2.05, 4.69) is 25.2 Å². The summed E-state index contributed by atoms with van der Waals surface area (Å²) in [6.45, 7) is 5.45. The molecule has 1 N–H and O–H groups in total. The predicted molar refractivity (Wildman–Crippen MR) is 117 cm³/mol. The first-order chi connectivity index (χ1) is 15.0. The van der Waals surface area contributed by atoms with Crippen LogP contribution in [0.2, 0.25) is 5.02 Å². The number of rotatable bonds is 5. The molecular formula is C21H23ClF2N6O. The Bertz CT molecular complexity index is 1070. The molecule has 0 unspecified atom stereocenters. The van der Waals surface area contributed by atoms with Gasteiger partial charge in [0.1, 0.15) is 18.0 Å². The van der Waals surface area contributed by atoms with Gasteiger partial charge in [-0.05, 0) is 30.3 Å². The molecule has 164 valence electrons. The molecule has 7 nitrogen and oxygen atoms in total.